The molecule has 0 fully saturated rings. The molecule has 2 aromatic rings. The van der Waals surface area contributed by atoms with E-state index in [9.17, 15) is 4.39 Å². The summed E-state index contributed by atoms with van der Waals surface area (Å²) in [6, 6.07) is 8.59. The van der Waals surface area contributed by atoms with Crippen LogP contribution in [0.4, 0.5) is 4.39 Å². The molecule has 0 heterocycles. The molecular weight excluding hydrogens is 471 g/mol. The minimum atomic E-state index is -0.345. The molecule has 0 spiro atoms. The molecule has 0 N–H and O–H groups in total. The lowest BCUT2D eigenvalue weighted by molar-refractivity contribution is 0.397. The van der Waals surface area contributed by atoms with Gasteiger partial charge in [-0.05, 0) is 40.2 Å². The van der Waals surface area contributed by atoms with E-state index in [1.807, 2.05) is 6.07 Å². The monoisotopic (exact) mass is 480 g/mol. The highest BCUT2D eigenvalue weighted by Gasteiger charge is 2.21. The lowest BCUT2D eigenvalue weighted by Gasteiger charge is -2.17. The molecule has 2 rings (SSSR count). The normalized spacial score (nSPS) is 12.1. The Kier molecular flexibility index (Phi) is 5.68. The number of hydrogen-bond acceptors (Lipinski definition) is 2. The van der Waals surface area contributed by atoms with Gasteiger partial charge in [0.2, 0.25) is 0 Å². The van der Waals surface area contributed by atoms with E-state index in [-0.39, 0.29) is 10.6 Å². The highest BCUT2D eigenvalue weighted by atomic mass is 79.9. The second-order valence-electron chi connectivity index (χ2n) is 4.26. The molecule has 0 bridgehead atoms. The van der Waals surface area contributed by atoms with Gasteiger partial charge in [0.25, 0.3) is 0 Å². The third-order valence-electron chi connectivity index (χ3n) is 3.01. The van der Waals surface area contributed by atoms with Gasteiger partial charge in [0, 0.05) is 15.6 Å². The van der Waals surface area contributed by atoms with Crippen molar-refractivity contribution in [2.75, 3.05) is 14.2 Å². The van der Waals surface area contributed by atoms with Crippen molar-refractivity contribution in [3.05, 3.63) is 56.2 Å². The Morgan fingerprint density at radius 3 is 2.19 bits per heavy atom. The number of hydrogen-bond donors (Lipinski definition) is 0. The highest BCUT2D eigenvalue weighted by Crippen LogP contribution is 2.42. The lowest BCUT2D eigenvalue weighted by Crippen LogP contribution is -2.01. The van der Waals surface area contributed by atoms with Crippen molar-refractivity contribution < 1.29 is 13.9 Å². The fraction of sp³-hybridized carbons (Fsp3) is 0.200. The van der Waals surface area contributed by atoms with E-state index in [0.717, 1.165) is 10.0 Å². The van der Waals surface area contributed by atoms with E-state index in [0.29, 0.717) is 21.5 Å². The summed E-state index contributed by atoms with van der Waals surface area (Å²) < 4.78 is 26.3. The van der Waals surface area contributed by atoms with Gasteiger partial charge in [-0.15, -0.1) is 0 Å². The standard InChI is InChI=1S/C15H12Br3FO2/c1-20-13-7-11(17)14(21-2)6-10(13)15(18)9-4-3-8(16)5-12(9)19/h3-7,15H,1-2H3. The maximum absolute atomic E-state index is 14.1. The fourth-order valence-electron chi connectivity index (χ4n) is 1.96. The molecular formula is C15H12Br3FO2. The Balaban J connectivity index is 2.53. The van der Waals surface area contributed by atoms with Crippen molar-refractivity contribution in [3.8, 4) is 11.5 Å². The Morgan fingerprint density at radius 2 is 1.62 bits per heavy atom. The lowest BCUT2D eigenvalue weighted by atomic mass is 10.0. The van der Waals surface area contributed by atoms with Crippen LogP contribution in [0.3, 0.4) is 0 Å². The van der Waals surface area contributed by atoms with Crippen LogP contribution in [0, 0.1) is 5.82 Å². The Bertz CT molecular complexity index is 662. The molecule has 0 aromatic heterocycles. The number of methoxy groups -OCH3 is 2. The summed E-state index contributed by atoms with van der Waals surface area (Å²) in [6.07, 6.45) is 0. The number of alkyl halides is 1. The van der Waals surface area contributed by atoms with E-state index in [2.05, 4.69) is 47.8 Å². The summed E-state index contributed by atoms with van der Waals surface area (Å²) in [5, 5.41) is 0. The first kappa shape index (κ1) is 16.8. The SMILES string of the molecule is COc1cc(C(Br)c2ccc(Br)cc2F)c(OC)cc1Br. The zero-order valence-corrected chi connectivity index (χ0v) is 16.1. The van der Waals surface area contributed by atoms with E-state index in [4.69, 9.17) is 9.47 Å². The molecule has 2 aromatic carbocycles. The first-order valence-corrected chi connectivity index (χ1v) is 8.48. The molecule has 0 aliphatic rings. The Morgan fingerprint density at radius 1 is 0.952 bits per heavy atom. The van der Waals surface area contributed by atoms with Crippen molar-refractivity contribution in [1.82, 2.24) is 0 Å². The average molecular weight is 483 g/mol. The van der Waals surface area contributed by atoms with Gasteiger partial charge in [-0.3, -0.25) is 0 Å². The molecule has 0 radical (unpaired) electrons. The topological polar surface area (TPSA) is 18.5 Å². The summed E-state index contributed by atoms with van der Waals surface area (Å²) in [5.41, 5.74) is 1.32. The Hall–Kier alpha value is -0.590. The van der Waals surface area contributed by atoms with Crippen LogP contribution < -0.4 is 9.47 Å². The molecule has 1 atom stereocenters. The van der Waals surface area contributed by atoms with Crippen LogP contribution >= 0.6 is 47.8 Å². The number of halogens is 4. The number of rotatable bonds is 4. The molecule has 0 amide bonds. The molecule has 0 aliphatic carbocycles. The molecule has 1 unspecified atom stereocenters. The van der Waals surface area contributed by atoms with Crippen LogP contribution in [-0.2, 0) is 0 Å². The smallest absolute Gasteiger partial charge is 0.133 e. The zero-order valence-electron chi connectivity index (χ0n) is 11.3. The summed E-state index contributed by atoms with van der Waals surface area (Å²) >= 11 is 10.2. The van der Waals surface area contributed by atoms with Crippen molar-refractivity contribution in [2.24, 2.45) is 0 Å². The predicted molar refractivity (Wildman–Crippen MR) is 92.1 cm³/mol. The highest BCUT2D eigenvalue weighted by molar-refractivity contribution is 9.11. The largest absolute Gasteiger partial charge is 0.496 e. The molecule has 0 saturated carbocycles. The zero-order chi connectivity index (χ0) is 15.6. The first-order valence-electron chi connectivity index (χ1n) is 5.98. The van der Waals surface area contributed by atoms with Gasteiger partial charge in [0.1, 0.15) is 17.3 Å². The third kappa shape index (κ3) is 3.60. The molecule has 6 heteroatoms. The van der Waals surface area contributed by atoms with Gasteiger partial charge < -0.3 is 9.47 Å². The van der Waals surface area contributed by atoms with Gasteiger partial charge in [0.05, 0.1) is 23.5 Å². The van der Waals surface area contributed by atoms with Crippen LogP contribution in [0.1, 0.15) is 16.0 Å². The van der Waals surface area contributed by atoms with Crippen molar-refractivity contribution in [3.63, 3.8) is 0 Å². The molecule has 112 valence electrons. The van der Waals surface area contributed by atoms with Crippen LogP contribution in [0.25, 0.3) is 0 Å². The second-order valence-corrected chi connectivity index (χ2v) is 6.94. The molecule has 0 aliphatic heterocycles. The quantitative estimate of drug-likeness (QED) is 0.509. The van der Waals surface area contributed by atoms with E-state index >= 15 is 0 Å². The first-order chi connectivity index (χ1) is 9.97. The molecule has 2 nitrogen and oxygen atoms in total. The summed E-state index contributed by atoms with van der Waals surface area (Å²) in [4.78, 5) is -0.345. The summed E-state index contributed by atoms with van der Waals surface area (Å²) in [6.45, 7) is 0. The van der Waals surface area contributed by atoms with E-state index < -0.39 is 0 Å². The van der Waals surface area contributed by atoms with Crippen molar-refractivity contribution >= 4 is 47.8 Å². The summed E-state index contributed by atoms with van der Waals surface area (Å²) in [7, 11) is 3.16. The van der Waals surface area contributed by atoms with Crippen LogP contribution in [0.15, 0.2) is 39.3 Å². The van der Waals surface area contributed by atoms with Gasteiger partial charge in [-0.25, -0.2) is 4.39 Å². The maximum Gasteiger partial charge on any atom is 0.133 e. The van der Waals surface area contributed by atoms with Gasteiger partial charge in [-0.2, -0.15) is 0 Å². The van der Waals surface area contributed by atoms with Crippen LogP contribution in [0.5, 0.6) is 11.5 Å². The van der Waals surface area contributed by atoms with Gasteiger partial charge >= 0.3 is 0 Å². The van der Waals surface area contributed by atoms with Gasteiger partial charge in [0.15, 0.2) is 0 Å². The van der Waals surface area contributed by atoms with E-state index in [1.54, 1.807) is 32.4 Å². The summed E-state index contributed by atoms with van der Waals surface area (Å²) in [5.74, 6) is 1.01. The minimum absolute atomic E-state index is 0.296. The minimum Gasteiger partial charge on any atom is -0.496 e. The molecule has 0 saturated heterocycles. The number of ether oxygens (including phenoxy) is 2. The molecule has 21 heavy (non-hydrogen) atoms. The van der Waals surface area contributed by atoms with Gasteiger partial charge in [-0.1, -0.05) is 37.9 Å². The fourth-order valence-corrected chi connectivity index (χ4v) is 3.50. The predicted octanol–water partition coefficient (Wildman–Crippen LogP) is 5.85. The number of benzene rings is 2. The van der Waals surface area contributed by atoms with Crippen LogP contribution in [0.2, 0.25) is 0 Å². The van der Waals surface area contributed by atoms with E-state index in [1.165, 1.54) is 6.07 Å². The average Bonchev–Trinajstić information content (AvgIpc) is 2.46. The van der Waals surface area contributed by atoms with Crippen LogP contribution in [-0.4, -0.2) is 14.2 Å². The third-order valence-corrected chi connectivity index (χ3v) is 5.11. The van der Waals surface area contributed by atoms with Crippen molar-refractivity contribution in [2.45, 2.75) is 4.83 Å². The Labute approximate surface area is 148 Å². The maximum atomic E-state index is 14.1. The van der Waals surface area contributed by atoms with Crippen molar-refractivity contribution in [1.29, 1.82) is 0 Å². The second kappa shape index (κ2) is 7.11.